The van der Waals surface area contributed by atoms with Gasteiger partial charge in [0.2, 0.25) is 5.16 Å². The van der Waals surface area contributed by atoms with Gasteiger partial charge in [-0.25, -0.2) is 0 Å². The highest BCUT2D eigenvalue weighted by atomic mass is 32.2. The van der Waals surface area contributed by atoms with Crippen molar-refractivity contribution in [3.8, 4) is 5.69 Å². The SMILES string of the molecule is O=C(O)CSc1nnnn1-c1cccc(C(F)(F)F)c1. The highest BCUT2D eigenvalue weighted by Gasteiger charge is 2.30. The van der Waals surface area contributed by atoms with Crippen molar-refractivity contribution >= 4 is 17.7 Å². The summed E-state index contributed by atoms with van der Waals surface area (Å²) >= 11 is 0.816. The first kappa shape index (κ1) is 14.3. The quantitative estimate of drug-likeness (QED) is 0.868. The third kappa shape index (κ3) is 3.26. The van der Waals surface area contributed by atoms with Crippen LogP contribution in [0.5, 0.6) is 0 Å². The van der Waals surface area contributed by atoms with Gasteiger partial charge < -0.3 is 5.11 Å². The molecule has 0 atom stereocenters. The van der Waals surface area contributed by atoms with E-state index in [0.717, 1.165) is 28.6 Å². The molecule has 0 aliphatic rings. The average molecular weight is 304 g/mol. The summed E-state index contributed by atoms with van der Waals surface area (Å²) in [6, 6.07) is 4.45. The van der Waals surface area contributed by atoms with Gasteiger partial charge in [0.1, 0.15) is 0 Å². The van der Waals surface area contributed by atoms with Crippen LogP contribution >= 0.6 is 11.8 Å². The Morgan fingerprint density at radius 1 is 1.40 bits per heavy atom. The molecule has 0 unspecified atom stereocenters. The highest BCUT2D eigenvalue weighted by molar-refractivity contribution is 7.99. The zero-order chi connectivity index (χ0) is 14.8. The largest absolute Gasteiger partial charge is 0.481 e. The van der Waals surface area contributed by atoms with Crippen LogP contribution < -0.4 is 0 Å². The standard InChI is InChI=1S/C10H7F3N4O2S/c11-10(12,13)6-2-1-3-7(4-6)17-9(14-15-16-17)20-5-8(18)19/h1-4H,5H2,(H,18,19). The monoisotopic (exact) mass is 304 g/mol. The van der Waals surface area contributed by atoms with Crippen LogP contribution in [-0.4, -0.2) is 37.0 Å². The number of hydrogen-bond acceptors (Lipinski definition) is 5. The summed E-state index contributed by atoms with van der Waals surface area (Å²) in [4.78, 5) is 10.5. The van der Waals surface area contributed by atoms with Crippen LogP contribution in [0.15, 0.2) is 29.4 Å². The van der Waals surface area contributed by atoms with E-state index >= 15 is 0 Å². The Morgan fingerprint density at radius 2 is 2.15 bits per heavy atom. The highest BCUT2D eigenvalue weighted by Crippen LogP contribution is 2.30. The molecule has 106 valence electrons. The first-order valence-corrected chi connectivity index (χ1v) is 6.17. The minimum Gasteiger partial charge on any atom is -0.481 e. The van der Waals surface area contributed by atoms with Gasteiger partial charge in [-0.3, -0.25) is 4.79 Å². The molecule has 10 heteroatoms. The number of tetrazole rings is 1. The van der Waals surface area contributed by atoms with Gasteiger partial charge in [0.25, 0.3) is 0 Å². The number of nitrogens with zero attached hydrogens (tertiary/aromatic N) is 4. The van der Waals surface area contributed by atoms with Gasteiger partial charge in [-0.05, 0) is 28.6 Å². The molecule has 0 fully saturated rings. The third-order valence-corrected chi connectivity index (χ3v) is 3.09. The second-order valence-electron chi connectivity index (χ2n) is 3.60. The molecule has 0 spiro atoms. The van der Waals surface area contributed by atoms with E-state index in [1.165, 1.54) is 12.1 Å². The molecule has 20 heavy (non-hydrogen) atoms. The molecular formula is C10H7F3N4O2S. The summed E-state index contributed by atoms with van der Waals surface area (Å²) in [5.74, 6) is -1.37. The van der Waals surface area contributed by atoms with E-state index in [4.69, 9.17) is 5.11 Å². The van der Waals surface area contributed by atoms with Crippen molar-refractivity contribution in [2.45, 2.75) is 11.3 Å². The van der Waals surface area contributed by atoms with Crippen molar-refractivity contribution in [3.05, 3.63) is 29.8 Å². The van der Waals surface area contributed by atoms with Crippen molar-refractivity contribution in [2.75, 3.05) is 5.75 Å². The molecule has 0 amide bonds. The fourth-order valence-electron chi connectivity index (χ4n) is 1.37. The van der Waals surface area contributed by atoms with Crippen molar-refractivity contribution in [1.29, 1.82) is 0 Å². The predicted molar refractivity (Wildman–Crippen MR) is 62.5 cm³/mol. The predicted octanol–water partition coefficient (Wildman–Crippen LogP) is 1.86. The molecule has 1 aromatic heterocycles. The van der Waals surface area contributed by atoms with Crippen LogP contribution in [-0.2, 0) is 11.0 Å². The summed E-state index contributed by atoms with van der Waals surface area (Å²) in [5.41, 5.74) is -0.725. The van der Waals surface area contributed by atoms with E-state index in [1.807, 2.05) is 0 Å². The van der Waals surface area contributed by atoms with Crippen molar-refractivity contribution in [2.24, 2.45) is 0 Å². The number of carboxylic acids is 1. The Kier molecular flexibility index (Phi) is 3.93. The molecule has 0 saturated carbocycles. The maximum atomic E-state index is 12.6. The van der Waals surface area contributed by atoms with E-state index < -0.39 is 17.7 Å². The van der Waals surface area contributed by atoms with E-state index in [0.29, 0.717) is 0 Å². The number of carboxylic acid groups (broad SMARTS) is 1. The Labute approximate surface area is 114 Å². The number of benzene rings is 1. The first-order chi connectivity index (χ1) is 9.38. The molecule has 6 nitrogen and oxygen atoms in total. The Bertz CT molecular complexity index is 629. The summed E-state index contributed by atoms with van der Waals surface area (Å²) in [6.07, 6.45) is -4.47. The molecule has 0 aliphatic carbocycles. The lowest BCUT2D eigenvalue weighted by atomic mass is 10.2. The average Bonchev–Trinajstić information content (AvgIpc) is 2.83. The third-order valence-electron chi connectivity index (χ3n) is 2.18. The van der Waals surface area contributed by atoms with Gasteiger partial charge in [-0.1, -0.05) is 17.8 Å². The number of aromatic nitrogens is 4. The molecule has 2 rings (SSSR count). The number of hydrogen-bond donors (Lipinski definition) is 1. The van der Waals surface area contributed by atoms with Crippen LogP contribution in [0.25, 0.3) is 5.69 Å². The van der Waals surface area contributed by atoms with Crippen LogP contribution in [0.3, 0.4) is 0 Å². The van der Waals surface area contributed by atoms with Crippen molar-refractivity contribution in [1.82, 2.24) is 20.2 Å². The van der Waals surface area contributed by atoms with Gasteiger partial charge >= 0.3 is 12.1 Å². The normalized spacial score (nSPS) is 11.6. The number of halogens is 3. The van der Waals surface area contributed by atoms with Gasteiger partial charge in [0.15, 0.2) is 0 Å². The molecule has 1 heterocycles. The molecule has 0 bridgehead atoms. The molecule has 0 saturated heterocycles. The molecule has 0 aliphatic heterocycles. The maximum Gasteiger partial charge on any atom is 0.416 e. The molecule has 1 N–H and O–H groups in total. The minimum absolute atomic E-state index is 0.103. The van der Waals surface area contributed by atoms with Gasteiger partial charge in [-0.15, -0.1) is 5.10 Å². The summed E-state index contributed by atoms with van der Waals surface area (Å²) in [6.45, 7) is 0. The molecule has 0 radical (unpaired) electrons. The Balaban J connectivity index is 2.33. The zero-order valence-corrected chi connectivity index (χ0v) is 10.5. The number of aliphatic carboxylic acids is 1. The van der Waals surface area contributed by atoms with E-state index in [-0.39, 0.29) is 16.6 Å². The molecule has 1 aromatic carbocycles. The van der Waals surface area contributed by atoms with Crippen LogP contribution in [0.1, 0.15) is 5.56 Å². The molecule has 2 aromatic rings. The van der Waals surface area contributed by atoms with Gasteiger partial charge in [-0.2, -0.15) is 17.9 Å². The van der Waals surface area contributed by atoms with Crippen LogP contribution in [0, 0.1) is 0 Å². The topological polar surface area (TPSA) is 80.9 Å². The lowest BCUT2D eigenvalue weighted by Crippen LogP contribution is -2.07. The smallest absolute Gasteiger partial charge is 0.416 e. The second-order valence-corrected chi connectivity index (χ2v) is 4.55. The first-order valence-electron chi connectivity index (χ1n) is 5.18. The number of carbonyl (C=O) groups is 1. The van der Waals surface area contributed by atoms with Gasteiger partial charge in [0.05, 0.1) is 17.0 Å². The number of rotatable bonds is 4. The fraction of sp³-hybridized carbons (Fsp3) is 0.200. The van der Waals surface area contributed by atoms with Gasteiger partial charge in [0, 0.05) is 0 Å². The lowest BCUT2D eigenvalue weighted by molar-refractivity contribution is -0.137. The van der Waals surface area contributed by atoms with E-state index in [1.54, 1.807) is 0 Å². The van der Waals surface area contributed by atoms with Crippen molar-refractivity contribution < 1.29 is 23.1 Å². The van der Waals surface area contributed by atoms with Crippen LogP contribution in [0.4, 0.5) is 13.2 Å². The zero-order valence-electron chi connectivity index (χ0n) is 9.70. The summed E-state index contributed by atoms with van der Waals surface area (Å²) in [7, 11) is 0. The fourth-order valence-corrected chi connectivity index (χ4v) is 1.98. The second kappa shape index (κ2) is 5.49. The van der Waals surface area contributed by atoms with Crippen molar-refractivity contribution in [3.63, 3.8) is 0 Å². The summed E-state index contributed by atoms with van der Waals surface area (Å²) < 4.78 is 38.9. The Hall–Kier alpha value is -2.10. The minimum atomic E-state index is -4.47. The number of thioether (sulfide) groups is 1. The number of alkyl halides is 3. The molecular weight excluding hydrogens is 297 g/mol. The lowest BCUT2D eigenvalue weighted by Gasteiger charge is -2.09. The maximum absolute atomic E-state index is 12.6. The van der Waals surface area contributed by atoms with Crippen LogP contribution in [0.2, 0.25) is 0 Å². The Morgan fingerprint density at radius 3 is 2.80 bits per heavy atom. The van der Waals surface area contributed by atoms with E-state index in [9.17, 15) is 18.0 Å². The van der Waals surface area contributed by atoms with E-state index in [2.05, 4.69) is 15.5 Å². The summed E-state index contributed by atoms with van der Waals surface area (Å²) in [5, 5.41) is 19.2.